The van der Waals surface area contributed by atoms with Gasteiger partial charge in [-0.05, 0) is 37.5 Å². The lowest BCUT2D eigenvalue weighted by Gasteiger charge is -2.31. The van der Waals surface area contributed by atoms with Crippen LogP contribution in [0.2, 0.25) is 0 Å². The molecule has 0 saturated carbocycles. The van der Waals surface area contributed by atoms with Gasteiger partial charge < -0.3 is 9.84 Å². The van der Waals surface area contributed by atoms with Crippen LogP contribution in [-0.2, 0) is 14.8 Å². The molecule has 110 valence electrons. The van der Waals surface area contributed by atoms with E-state index in [9.17, 15) is 13.5 Å². The topological polar surface area (TPSA) is 66.8 Å². The summed E-state index contributed by atoms with van der Waals surface area (Å²) in [6.07, 6.45) is 1.38. The van der Waals surface area contributed by atoms with Crippen LogP contribution in [0.4, 0.5) is 0 Å². The number of nitrogens with zero attached hydrogens (tertiary/aromatic N) is 1. The summed E-state index contributed by atoms with van der Waals surface area (Å²) in [7, 11) is -3.46. The number of morpholine rings is 1. The van der Waals surface area contributed by atoms with Gasteiger partial charge in [0.25, 0.3) is 0 Å². The van der Waals surface area contributed by atoms with Gasteiger partial charge >= 0.3 is 0 Å². The largest absolute Gasteiger partial charge is 0.389 e. The lowest BCUT2D eigenvalue weighted by molar-refractivity contribution is -0.0114. The molecule has 5 nitrogen and oxygen atoms in total. The maximum absolute atomic E-state index is 12.6. The quantitative estimate of drug-likeness (QED) is 0.913. The number of fused-ring (bicyclic) bond motifs is 2. The standard InChI is InChI=1S/C14H19NO4S/c1-10(16)11-2-6-14(7-3-11)20(17,18)15-8-12-4-5-13(9-15)19-12/h2-3,6-7,10,12-13,16H,4-5,8-9H2,1H3. The molecule has 1 aromatic carbocycles. The Morgan fingerprint density at radius 1 is 1.20 bits per heavy atom. The third-order valence-corrected chi connectivity index (χ3v) is 5.86. The SMILES string of the molecule is CC(O)c1ccc(S(=O)(=O)N2CC3CCC(C2)O3)cc1. The predicted molar refractivity (Wildman–Crippen MR) is 73.7 cm³/mol. The van der Waals surface area contributed by atoms with E-state index in [0.29, 0.717) is 18.7 Å². The normalized spacial score (nSPS) is 28.5. The zero-order chi connectivity index (χ0) is 14.3. The molecule has 0 aromatic heterocycles. The third kappa shape index (κ3) is 2.48. The minimum Gasteiger partial charge on any atom is -0.389 e. The van der Waals surface area contributed by atoms with Gasteiger partial charge in [0.15, 0.2) is 0 Å². The lowest BCUT2D eigenvalue weighted by Crippen LogP contribution is -2.45. The number of benzene rings is 1. The average Bonchev–Trinajstić information content (AvgIpc) is 2.77. The molecule has 1 aromatic rings. The van der Waals surface area contributed by atoms with Crippen molar-refractivity contribution in [3.8, 4) is 0 Å². The monoisotopic (exact) mass is 297 g/mol. The van der Waals surface area contributed by atoms with Gasteiger partial charge in [0.1, 0.15) is 0 Å². The highest BCUT2D eigenvalue weighted by Gasteiger charge is 2.39. The molecule has 0 aliphatic carbocycles. The molecule has 2 fully saturated rings. The van der Waals surface area contributed by atoms with E-state index in [0.717, 1.165) is 12.8 Å². The molecule has 2 bridgehead atoms. The van der Waals surface area contributed by atoms with Crippen LogP contribution < -0.4 is 0 Å². The molecular weight excluding hydrogens is 278 g/mol. The highest BCUT2D eigenvalue weighted by molar-refractivity contribution is 7.89. The molecule has 6 heteroatoms. The molecule has 2 saturated heterocycles. The fourth-order valence-electron chi connectivity index (χ4n) is 2.84. The van der Waals surface area contributed by atoms with Gasteiger partial charge in [0.2, 0.25) is 10.0 Å². The van der Waals surface area contributed by atoms with Crippen LogP contribution in [-0.4, -0.2) is 43.1 Å². The Morgan fingerprint density at radius 2 is 1.75 bits per heavy atom. The Labute approximate surface area is 119 Å². The first-order valence-electron chi connectivity index (χ1n) is 6.90. The van der Waals surface area contributed by atoms with Crippen LogP contribution in [0.5, 0.6) is 0 Å². The Morgan fingerprint density at radius 3 is 2.25 bits per heavy atom. The van der Waals surface area contributed by atoms with Crippen molar-refractivity contribution >= 4 is 10.0 Å². The number of hydrogen-bond donors (Lipinski definition) is 1. The number of ether oxygens (including phenoxy) is 1. The maximum atomic E-state index is 12.6. The van der Waals surface area contributed by atoms with Gasteiger partial charge in [-0.3, -0.25) is 0 Å². The molecule has 2 heterocycles. The molecule has 0 amide bonds. The zero-order valence-electron chi connectivity index (χ0n) is 11.4. The minimum atomic E-state index is -3.46. The van der Waals surface area contributed by atoms with Crippen LogP contribution in [0.3, 0.4) is 0 Å². The summed E-state index contributed by atoms with van der Waals surface area (Å²) in [4.78, 5) is 0.281. The molecule has 1 N–H and O–H groups in total. The van der Waals surface area contributed by atoms with Crippen molar-refractivity contribution in [2.45, 2.75) is 43.0 Å². The first-order chi connectivity index (χ1) is 9.46. The Bertz CT molecular complexity index is 570. The first kappa shape index (κ1) is 14.0. The van der Waals surface area contributed by atoms with E-state index in [4.69, 9.17) is 4.74 Å². The molecule has 3 atom stereocenters. The van der Waals surface area contributed by atoms with E-state index in [1.807, 2.05) is 0 Å². The van der Waals surface area contributed by atoms with E-state index in [1.54, 1.807) is 31.2 Å². The fraction of sp³-hybridized carbons (Fsp3) is 0.571. The number of hydrogen-bond acceptors (Lipinski definition) is 4. The van der Waals surface area contributed by atoms with Crippen molar-refractivity contribution in [2.75, 3.05) is 13.1 Å². The smallest absolute Gasteiger partial charge is 0.243 e. The van der Waals surface area contributed by atoms with Crippen molar-refractivity contribution in [1.82, 2.24) is 4.31 Å². The highest BCUT2D eigenvalue weighted by atomic mass is 32.2. The van der Waals surface area contributed by atoms with E-state index in [2.05, 4.69) is 0 Å². The van der Waals surface area contributed by atoms with Gasteiger partial charge in [0, 0.05) is 13.1 Å². The zero-order valence-corrected chi connectivity index (χ0v) is 12.2. The van der Waals surface area contributed by atoms with E-state index < -0.39 is 16.1 Å². The molecular formula is C14H19NO4S. The van der Waals surface area contributed by atoms with Crippen molar-refractivity contribution in [1.29, 1.82) is 0 Å². The van der Waals surface area contributed by atoms with Crippen LogP contribution in [0.15, 0.2) is 29.2 Å². The summed E-state index contributed by atoms with van der Waals surface area (Å²) in [5, 5.41) is 9.47. The second kappa shape index (κ2) is 5.11. The number of aliphatic hydroxyl groups excluding tert-OH is 1. The van der Waals surface area contributed by atoms with Crippen molar-refractivity contribution < 1.29 is 18.3 Å². The van der Waals surface area contributed by atoms with Crippen molar-refractivity contribution in [3.63, 3.8) is 0 Å². The molecule has 2 aliphatic rings. The van der Waals surface area contributed by atoms with Gasteiger partial charge in [0.05, 0.1) is 23.2 Å². The van der Waals surface area contributed by atoms with Crippen molar-refractivity contribution in [2.24, 2.45) is 0 Å². The Hall–Kier alpha value is -0.950. The predicted octanol–water partition coefficient (Wildman–Crippen LogP) is 1.29. The molecule has 3 rings (SSSR count). The van der Waals surface area contributed by atoms with Gasteiger partial charge in [-0.15, -0.1) is 0 Å². The van der Waals surface area contributed by atoms with Crippen LogP contribution in [0.25, 0.3) is 0 Å². The fourth-order valence-corrected chi connectivity index (χ4v) is 4.34. The maximum Gasteiger partial charge on any atom is 0.243 e. The molecule has 0 radical (unpaired) electrons. The average molecular weight is 297 g/mol. The molecule has 2 aliphatic heterocycles. The summed E-state index contributed by atoms with van der Waals surface area (Å²) in [5.41, 5.74) is 0.714. The second-order valence-corrected chi connectivity index (χ2v) is 7.46. The van der Waals surface area contributed by atoms with Crippen LogP contribution >= 0.6 is 0 Å². The van der Waals surface area contributed by atoms with E-state index >= 15 is 0 Å². The van der Waals surface area contributed by atoms with Crippen LogP contribution in [0, 0.1) is 0 Å². The number of sulfonamides is 1. The molecule has 0 spiro atoms. The van der Waals surface area contributed by atoms with Gasteiger partial charge in [-0.2, -0.15) is 4.31 Å². The van der Waals surface area contributed by atoms with Crippen LogP contribution in [0.1, 0.15) is 31.4 Å². The summed E-state index contributed by atoms with van der Waals surface area (Å²) in [6, 6.07) is 6.45. The van der Waals surface area contributed by atoms with E-state index in [-0.39, 0.29) is 17.1 Å². The third-order valence-electron chi connectivity index (χ3n) is 4.01. The number of rotatable bonds is 3. The highest BCUT2D eigenvalue weighted by Crippen LogP contribution is 2.30. The molecule has 3 unspecified atom stereocenters. The second-order valence-electron chi connectivity index (χ2n) is 5.52. The summed E-state index contributed by atoms with van der Waals surface area (Å²) in [5.74, 6) is 0. The summed E-state index contributed by atoms with van der Waals surface area (Å²) in [6.45, 7) is 2.54. The Kier molecular flexibility index (Phi) is 3.58. The number of aliphatic hydroxyl groups is 1. The van der Waals surface area contributed by atoms with Gasteiger partial charge in [-0.25, -0.2) is 8.42 Å². The lowest BCUT2D eigenvalue weighted by atomic mass is 10.1. The van der Waals surface area contributed by atoms with Gasteiger partial charge in [-0.1, -0.05) is 12.1 Å². The minimum absolute atomic E-state index is 0.0419. The van der Waals surface area contributed by atoms with Crippen molar-refractivity contribution in [3.05, 3.63) is 29.8 Å². The summed E-state index contributed by atoms with van der Waals surface area (Å²) < 4.78 is 32.4. The van der Waals surface area contributed by atoms with E-state index in [1.165, 1.54) is 4.31 Å². The summed E-state index contributed by atoms with van der Waals surface area (Å²) >= 11 is 0. The Balaban J connectivity index is 1.84. The molecule has 20 heavy (non-hydrogen) atoms. The first-order valence-corrected chi connectivity index (χ1v) is 8.34.